The van der Waals surface area contributed by atoms with Crippen molar-refractivity contribution in [3.05, 3.63) is 24.8 Å². The number of aromatic nitrogens is 2. The molecule has 0 atom stereocenters. The second-order valence-electron chi connectivity index (χ2n) is 1.38. The molecule has 1 N–H and O–H groups in total. The van der Waals surface area contributed by atoms with E-state index in [4.69, 9.17) is 5.11 Å². The van der Waals surface area contributed by atoms with Crippen LogP contribution >= 0.6 is 0 Å². The van der Waals surface area contributed by atoms with Crippen molar-refractivity contribution >= 4 is 0 Å². The zero-order valence-electron chi connectivity index (χ0n) is 4.20. The Hall–Kier alpha value is -1.12. The first-order valence-electron chi connectivity index (χ1n) is 2.14. The number of aromatic hydroxyl groups is 1. The van der Waals surface area contributed by atoms with Gasteiger partial charge in [-0.05, 0) is 13.0 Å². The second-order valence-corrected chi connectivity index (χ2v) is 1.38. The Morgan fingerprint density at radius 2 is 2.12 bits per heavy atom. The van der Waals surface area contributed by atoms with Crippen molar-refractivity contribution in [3.63, 3.8) is 0 Å². The molecule has 0 aliphatic carbocycles. The summed E-state index contributed by atoms with van der Waals surface area (Å²) in [6.07, 6.45) is 0. The second kappa shape index (κ2) is 1.78. The number of rotatable bonds is 0. The van der Waals surface area contributed by atoms with Gasteiger partial charge >= 0.3 is 0 Å². The van der Waals surface area contributed by atoms with Gasteiger partial charge in [-0.3, -0.25) is 0 Å². The van der Waals surface area contributed by atoms with Gasteiger partial charge in [0.15, 0.2) is 0 Å². The Kier molecular flexibility index (Phi) is 1.12. The fourth-order valence-corrected chi connectivity index (χ4v) is 0.353. The van der Waals surface area contributed by atoms with E-state index in [1.54, 1.807) is 6.07 Å². The lowest BCUT2D eigenvalue weighted by atomic mass is 10.4. The first-order chi connectivity index (χ1) is 3.79. The molecule has 41 valence electrons. The maximum Gasteiger partial charge on any atom is 0.230 e. The van der Waals surface area contributed by atoms with Crippen molar-refractivity contribution in [1.29, 1.82) is 0 Å². The third-order valence-electron chi connectivity index (χ3n) is 0.706. The van der Waals surface area contributed by atoms with Crippen molar-refractivity contribution in [1.82, 2.24) is 10.2 Å². The van der Waals surface area contributed by atoms with Gasteiger partial charge in [-0.1, -0.05) is 0 Å². The highest BCUT2D eigenvalue weighted by atomic mass is 16.3. The summed E-state index contributed by atoms with van der Waals surface area (Å²) in [5, 5.41) is 15.3. The summed E-state index contributed by atoms with van der Waals surface area (Å²) in [7, 11) is 0. The van der Waals surface area contributed by atoms with E-state index >= 15 is 0 Å². The van der Waals surface area contributed by atoms with Crippen molar-refractivity contribution in [2.45, 2.75) is 0 Å². The summed E-state index contributed by atoms with van der Waals surface area (Å²) in [5.41, 5.74) is 0.558. The van der Waals surface area contributed by atoms with E-state index in [2.05, 4.69) is 17.1 Å². The lowest BCUT2D eigenvalue weighted by Gasteiger charge is -1.86. The largest absolute Gasteiger partial charge is 0.492 e. The molecular formula is C5H5N2O. The summed E-state index contributed by atoms with van der Waals surface area (Å²) in [6.45, 7) is 3.48. The van der Waals surface area contributed by atoms with Crippen molar-refractivity contribution in [2.24, 2.45) is 0 Å². The van der Waals surface area contributed by atoms with Crippen LogP contribution in [0.25, 0.3) is 0 Å². The molecule has 1 rings (SSSR count). The smallest absolute Gasteiger partial charge is 0.230 e. The molecule has 0 fully saturated rings. The fourth-order valence-electron chi connectivity index (χ4n) is 0.353. The molecule has 3 nitrogen and oxygen atoms in total. The monoisotopic (exact) mass is 109 g/mol. The van der Waals surface area contributed by atoms with Crippen LogP contribution in [0.5, 0.6) is 5.88 Å². The van der Waals surface area contributed by atoms with Crippen LogP contribution in [-0.4, -0.2) is 15.3 Å². The SMILES string of the molecule is [CH2]c1ccc(O)nn1. The van der Waals surface area contributed by atoms with Crippen LogP contribution in [0.1, 0.15) is 5.69 Å². The van der Waals surface area contributed by atoms with E-state index in [0.29, 0.717) is 5.69 Å². The van der Waals surface area contributed by atoms with E-state index in [-0.39, 0.29) is 5.88 Å². The van der Waals surface area contributed by atoms with Gasteiger partial charge < -0.3 is 5.11 Å². The summed E-state index contributed by atoms with van der Waals surface area (Å²) >= 11 is 0. The highest BCUT2D eigenvalue weighted by Crippen LogP contribution is 1.98. The highest BCUT2D eigenvalue weighted by Gasteiger charge is 1.85. The minimum Gasteiger partial charge on any atom is -0.492 e. The van der Waals surface area contributed by atoms with Gasteiger partial charge in [0.05, 0.1) is 5.69 Å². The van der Waals surface area contributed by atoms with Crippen LogP contribution in [0.3, 0.4) is 0 Å². The Morgan fingerprint density at radius 3 is 2.50 bits per heavy atom. The van der Waals surface area contributed by atoms with Crippen LogP contribution in [-0.2, 0) is 0 Å². The standard InChI is InChI=1S/C5H5N2O/c1-4-2-3-5(8)7-6-4/h2-3H,1H2,(H,7,8). The molecule has 0 aliphatic heterocycles. The van der Waals surface area contributed by atoms with Gasteiger partial charge in [0, 0.05) is 6.07 Å². The van der Waals surface area contributed by atoms with E-state index in [1.165, 1.54) is 6.07 Å². The molecule has 0 aromatic carbocycles. The van der Waals surface area contributed by atoms with Crippen LogP contribution in [0, 0.1) is 6.92 Å². The van der Waals surface area contributed by atoms with Crippen molar-refractivity contribution in [3.8, 4) is 5.88 Å². The minimum atomic E-state index is -0.0719. The fraction of sp³-hybridized carbons (Fsp3) is 0. The van der Waals surface area contributed by atoms with Gasteiger partial charge in [-0.15, -0.1) is 5.10 Å². The van der Waals surface area contributed by atoms with Gasteiger partial charge in [0.2, 0.25) is 5.88 Å². The first kappa shape index (κ1) is 5.03. The van der Waals surface area contributed by atoms with Crippen LogP contribution in [0.15, 0.2) is 12.1 Å². The zero-order chi connectivity index (χ0) is 5.98. The van der Waals surface area contributed by atoms with E-state index in [9.17, 15) is 0 Å². The van der Waals surface area contributed by atoms with E-state index in [1.807, 2.05) is 0 Å². The predicted octanol–water partition coefficient (Wildman–Crippen LogP) is 0.364. The van der Waals surface area contributed by atoms with Gasteiger partial charge in [0.25, 0.3) is 0 Å². The molecule has 8 heavy (non-hydrogen) atoms. The maximum atomic E-state index is 8.56. The summed E-state index contributed by atoms with van der Waals surface area (Å²) in [4.78, 5) is 0. The molecule has 0 unspecified atom stereocenters. The Morgan fingerprint density at radius 1 is 1.38 bits per heavy atom. The lowest BCUT2D eigenvalue weighted by molar-refractivity contribution is 0.444. The molecule has 0 amide bonds. The average molecular weight is 109 g/mol. The van der Waals surface area contributed by atoms with Gasteiger partial charge in [-0.25, -0.2) is 0 Å². The molecule has 0 saturated carbocycles. The van der Waals surface area contributed by atoms with E-state index in [0.717, 1.165) is 0 Å². The number of nitrogens with zero attached hydrogens (tertiary/aromatic N) is 2. The van der Waals surface area contributed by atoms with Gasteiger partial charge in [0.1, 0.15) is 0 Å². The highest BCUT2D eigenvalue weighted by molar-refractivity contribution is 5.10. The summed E-state index contributed by atoms with van der Waals surface area (Å²) in [5.74, 6) is -0.0719. The molecule has 3 heteroatoms. The maximum absolute atomic E-state index is 8.56. The average Bonchev–Trinajstić information content (AvgIpc) is 1.77. The zero-order valence-corrected chi connectivity index (χ0v) is 4.20. The van der Waals surface area contributed by atoms with Crippen molar-refractivity contribution in [2.75, 3.05) is 0 Å². The molecule has 1 aromatic heterocycles. The normalized spacial score (nSPS) is 9.12. The molecule has 1 aromatic rings. The molecule has 0 bridgehead atoms. The Labute approximate surface area is 47.0 Å². The Bertz CT molecular complexity index is 149. The minimum absolute atomic E-state index is 0.0719. The number of hydrogen-bond donors (Lipinski definition) is 1. The Balaban J connectivity index is 3.03. The molecule has 0 spiro atoms. The quantitative estimate of drug-likeness (QED) is 0.523. The molecule has 0 saturated heterocycles. The molecular weight excluding hydrogens is 104 g/mol. The lowest BCUT2D eigenvalue weighted by Crippen LogP contribution is -1.82. The van der Waals surface area contributed by atoms with Crippen LogP contribution in [0.4, 0.5) is 0 Å². The van der Waals surface area contributed by atoms with Gasteiger partial charge in [-0.2, -0.15) is 5.10 Å². The van der Waals surface area contributed by atoms with Crippen LogP contribution in [0.2, 0.25) is 0 Å². The first-order valence-corrected chi connectivity index (χ1v) is 2.14. The molecule has 1 radical (unpaired) electrons. The summed E-state index contributed by atoms with van der Waals surface area (Å²) < 4.78 is 0. The summed E-state index contributed by atoms with van der Waals surface area (Å²) in [6, 6.07) is 3.03. The predicted molar refractivity (Wildman–Crippen MR) is 28.2 cm³/mol. The van der Waals surface area contributed by atoms with Crippen LogP contribution < -0.4 is 0 Å². The molecule has 0 aliphatic rings. The van der Waals surface area contributed by atoms with Crippen molar-refractivity contribution < 1.29 is 5.11 Å². The van der Waals surface area contributed by atoms with E-state index < -0.39 is 0 Å². The third-order valence-corrected chi connectivity index (χ3v) is 0.706. The topological polar surface area (TPSA) is 46.0 Å². The number of hydrogen-bond acceptors (Lipinski definition) is 3. The molecule has 1 heterocycles. The third kappa shape index (κ3) is 0.932.